The average Bonchev–Trinajstić information content (AvgIpc) is 2.61. The Morgan fingerprint density at radius 1 is 1.17 bits per heavy atom. The number of ether oxygens (including phenoxy) is 1. The number of nitrogens with zero attached hydrogens (tertiary/aromatic N) is 3. The Hall–Kier alpha value is -2.05. The summed E-state index contributed by atoms with van der Waals surface area (Å²) in [6.45, 7) is 1.94. The van der Waals surface area contributed by atoms with Gasteiger partial charge in [0.15, 0.2) is 0 Å². The van der Waals surface area contributed by atoms with Crippen LogP contribution in [0.25, 0.3) is 10.9 Å². The van der Waals surface area contributed by atoms with Crippen LogP contribution in [-0.2, 0) is 4.74 Å². The summed E-state index contributed by atoms with van der Waals surface area (Å²) < 4.78 is 20.3. The van der Waals surface area contributed by atoms with Gasteiger partial charge in [-0.15, -0.1) is 0 Å². The van der Waals surface area contributed by atoms with Crippen molar-refractivity contribution in [1.82, 2.24) is 9.97 Å². The summed E-state index contributed by atoms with van der Waals surface area (Å²) in [4.78, 5) is 11.0. The van der Waals surface area contributed by atoms with Crippen LogP contribution in [-0.4, -0.2) is 29.7 Å². The monoisotopic (exact) mass is 387 g/mol. The topological polar surface area (TPSA) is 38.2 Å². The number of hydrogen-bond acceptors (Lipinski definition) is 4. The molecule has 4 rings (SSSR count). The number of hydrogen-bond donors (Lipinski definition) is 0. The second-order valence-corrected chi connectivity index (χ2v) is 6.63. The quantitative estimate of drug-likeness (QED) is 0.663. The van der Waals surface area contributed by atoms with E-state index in [2.05, 4.69) is 30.8 Å². The van der Waals surface area contributed by atoms with E-state index in [0.717, 1.165) is 33.3 Å². The molecule has 2 heterocycles. The number of halogens is 2. The van der Waals surface area contributed by atoms with Gasteiger partial charge in [0, 0.05) is 22.9 Å². The summed E-state index contributed by atoms with van der Waals surface area (Å²) in [6, 6.07) is 12.5. The molecular formula is C18H15BrFN3O. The molecule has 0 aliphatic carbocycles. The van der Waals surface area contributed by atoms with Gasteiger partial charge in [0.05, 0.1) is 12.1 Å². The third-order valence-electron chi connectivity index (χ3n) is 4.16. The minimum absolute atomic E-state index is 0.174. The molecular weight excluding hydrogens is 373 g/mol. The van der Waals surface area contributed by atoms with Crippen LogP contribution in [0.3, 0.4) is 0 Å². The fourth-order valence-corrected chi connectivity index (χ4v) is 3.38. The Bertz CT molecular complexity index is 889. The molecule has 1 aliphatic heterocycles. The lowest BCUT2D eigenvalue weighted by atomic mass is 10.1. The fourth-order valence-electron chi connectivity index (χ4n) is 3.02. The first kappa shape index (κ1) is 15.5. The molecule has 0 radical (unpaired) electrons. The summed E-state index contributed by atoms with van der Waals surface area (Å²) in [7, 11) is 0. The lowest BCUT2D eigenvalue weighted by Crippen LogP contribution is -2.39. The number of fused-ring (bicyclic) bond motifs is 1. The molecule has 0 saturated carbocycles. The number of benzene rings is 2. The van der Waals surface area contributed by atoms with Gasteiger partial charge in [0.2, 0.25) is 0 Å². The summed E-state index contributed by atoms with van der Waals surface area (Å²) in [5.74, 6) is 0.635. The van der Waals surface area contributed by atoms with Crippen molar-refractivity contribution in [3.8, 4) is 0 Å². The first-order valence-electron chi connectivity index (χ1n) is 7.73. The smallest absolute Gasteiger partial charge is 0.140 e. The van der Waals surface area contributed by atoms with Gasteiger partial charge in [-0.3, -0.25) is 0 Å². The van der Waals surface area contributed by atoms with E-state index in [1.165, 1.54) is 12.1 Å². The van der Waals surface area contributed by atoms with E-state index in [1.54, 1.807) is 12.4 Å². The molecule has 0 spiro atoms. The summed E-state index contributed by atoms with van der Waals surface area (Å²) in [5.41, 5.74) is 1.75. The van der Waals surface area contributed by atoms with Crippen LogP contribution in [0.4, 0.5) is 10.2 Å². The molecule has 4 nitrogen and oxygen atoms in total. The third-order valence-corrected chi connectivity index (χ3v) is 4.66. The molecule has 1 saturated heterocycles. The molecule has 1 aliphatic rings. The minimum atomic E-state index is -0.246. The van der Waals surface area contributed by atoms with Crippen molar-refractivity contribution in [3.05, 3.63) is 64.6 Å². The summed E-state index contributed by atoms with van der Waals surface area (Å²) in [6.07, 6.45) is 1.41. The van der Waals surface area contributed by atoms with E-state index in [-0.39, 0.29) is 11.9 Å². The number of morpholine rings is 1. The van der Waals surface area contributed by atoms with E-state index in [9.17, 15) is 4.39 Å². The van der Waals surface area contributed by atoms with Gasteiger partial charge in [-0.1, -0.05) is 28.1 Å². The molecule has 0 amide bonds. The molecule has 1 aromatic heterocycles. The van der Waals surface area contributed by atoms with Crippen molar-refractivity contribution in [2.45, 2.75) is 6.10 Å². The van der Waals surface area contributed by atoms with Gasteiger partial charge < -0.3 is 9.64 Å². The van der Waals surface area contributed by atoms with Crippen molar-refractivity contribution in [1.29, 1.82) is 0 Å². The Morgan fingerprint density at radius 3 is 2.96 bits per heavy atom. The molecule has 122 valence electrons. The molecule has 1 atom stereocenters. The van der Waals surface area contributed by atoms with E-state index in [4.69, 9.17) is 4.74 Å². The molecule has 1 unspecified atom stereocenters. The van der Waals surface area contributed by atoms with Gasteiger partial charge in [-0.2, -0.15) is 0 Å². The molecule has 6 heteroatoms. The highest BCUT2D eigenvalue weighted by Crippen LogP contribution is 2.30. The van der Waals surface area contributed by atoms with Gasteiger partial charge in [-0.05, 0) is 35.9 Å². The maximum absolute atomic E-state index is 13.5. The van der Waals surface area contributed by atoms with Crippen LogP contribution in [0, 0.1) is 5.82 Å². The Labute approximate surface area is 147 Å². The van der Waals surface area contributed by atoms with E-state index < -0.39 is 0 Å². The maximum Gasteiger partial charge on any atom is 0.140 e. The lowest BCUT2D eigenvalue weighted by Gasteiger charge is -2.34. The van der Waals surface area contributed by atoms with Crippen molar-refractivity contribution < 1.29 is 9.13 Å². The highest BCUT2D eigenvalue weighted by molar-refractivity contribution is 9.10. The predicted molar refractivity (Wildman–Crippen MR) is 94.5 cm³/mol. The molecule has 0 N–H and O–H groups in total. The molecule has 2 aromatic carbocycles. The second kappa shape index (κ2) is 6.45. The molecule has 0 bridgehead atoms. The van der Waals surface area contributed by atoms with Gasteiger partial charge in [0.25, 0.3) is 0 Å². The standard InChI is InChI=1S/C18H15BrFN3O/c19-13-4-5-16-15(9-13)18(22-11-21-16)23-6-7-24-17(10-23)12-2-1-3-14(20)8-12/h1-5,8-9,11,17H,6-7,10H2. The Kier molecular flexibility index (Phi) is 4.16. The zero-order valence-electron chi connectivity index (χ0n) is 12.8. The highest BCUT2D eigenvalue weighted by Gasteiger charge is 2.24. The van der Waals surface area contributed by atoms with Crippen LogP contribution >= 0.6 is 15.9 Å². The predicted octanol–water partition coefficient (Wildman–Crippen LogP) is 4.11. The number of aromatic nitrogens is 2. The zero-order valence-corrected chi connectivity index (χ0v) is 14.4. The molecule has 3 aromatic rings. The average molecular weight is 388 g/mol. The molecule has 1 fully saturated rings. The maximum atomic E-state index is 13.5. The largest absolute Gasteiger partial charge is 0.370 e. The van der Waals surface area contributed by atoms with Crippen LogP contribution in [0.15, 0.2) is 53.3 Å². The summed E-state index contributed by atoms with van der Waals surface area (Å²) >= 11 is 3.51. The normalized spacial score (nSPS) is 18.1. The number of rotatable bonds is 2. The SMILES string of the molecule is Fc1cccc(C2CN(c3ncnc4ccc(Br)cc34)CCO2)c1. The fraction of sp³-hybridized carbons (Fsp3) is 0.222. The van der Waals surface area contributed by atoms with Crippen LogP contribution in [0.5, 0.6) is 0 Å². The third kappa shape index (κ3) is 2.99. The Morgan fingerprint density at radius 2 is 2.08 bits per heavy atom. The van der Waals surface area contributed by atoms with Gasteiger partial charge >= 0.3 is 0 Å². The van der Waals surface area contributed by atoms with Crippen molar-refractivity contribution in [2.75, 3.05) is 24.6 Å². The van der Waals surface area contributed by atoms with E-state index >= 15 is 0 Å². The molecule has 24 heavy (non-hydrogen) atoms. The van der Waals surface area contributed by atoms with Gasteiger partial charge in [-0.25, -0.2) is 14.4 Å². The van der Waals surface area contributed by atoms with Gasteiger partial charge in [0.1, 0.15) is 24.1 Å². The lowest BCUT2D eigenvalue weighted by molar-refractivity contribution is 0.0394. The van der Waals surface area contributed by atoms with E-state index in [1.807, 2.05) is 24.3 Å². The number of anilines is 1. The Balaban J connectivity index is 1.68. The van der Waals surface area contributed by atoms with Crippen molar-refractivity contribution in [2.24, 2.45) is 0 Å². The van der Waals surface area contributed by atoms with Crippen LogP contribution < -0.4 is 4.90 Å². The van der Waals surface area contributed by atoms with E-state index in [0.29, 0.717) is 13.2 Å². The first-order valence-corrected chi connectivity index (χ1v) is 8.52. The summed E-state index contributed by atoms with van der Waals surface area (Å²) in [5, 5.41) is 0.992. The van der Waals surface area contributed by atoms with Crippen molar-refractivity contribution in [3.63, 3.8) is 0 Å². The van der Waals surface area contributed by atoms with Crippen LogP contribution in [0.2, 0.25) is 0 Å². The van der Waals surface area contributed by atoms with Crippen molar-refractivity contribution >= 4 is 32.7 Å². The first-order chi connectivity index (χ1) is 11.7. The highest BCUT2D eigenvalue weighted by atomic mass is 79.9. The minimum Gasteiger partial charge on any atom is -0.370 e. The zero-order chi connectivity index (χ0) is 16.5. The van der Waals surface area contributed by atoms with Crippen LogP contribution in [0.1, 0.15) is 11.7 Å². The second-order valence-electron chi connectivity index (χ2n) is 5.72.